The predicted molar refractivity (Wildman–Crippen MR) is 96.5 cm³/mol. The number of hydrogen-bond acceptors (Lipinski definition) is 4. The van der Waals surface area contributed by atoms with Crippen molar-refractivity contribution in [2.24, 2.45) is 0 Å². The Kier molecular flexibility index (Phi) is 5.76. The summed E-state index contributed by atoms with van der Waals surface area (Å²) < 4.78 is 10.9. The molecule has 25 heavy (non-hydrogen) atoms. The number of methoxy groups -OCH3 is 1. The third kappa shape index (κ3) is 4.42. The smallest absolute Gasteiger partial charge is 0.227 e. The van der Waals surface area contributed by atoms with E-state index in [1.165, 1.54) is 0 Å². The van der Waals surface area contributed by atoms with Crippen molar-refractivity contribution in [3.05, 3.63) is 54.0 Å². The number of rotatable bonds is 6. The standard InChI is InChI=1S/C20H26N2O3/c1-21-11-9-17(10-12-21)22(15-18-7-5-13-25-18)20(23)14-16-6-3-4-8-19(16)24-2/h3-8,13,17H,9-12,14-15H2,1-2H3. The van der Waals surface area contributed by atoms with Gasteiger partial charge in [-0.15, -0.1) is 0 Å². The van der Waals surface area contributed by atoms with Gasteiger partial charge in [0, 0.05) is 11.6 Å². The first kappa shape index (κ1) is 17.5. The minimum Gasteiger partial charge on any atom is -0.496 e. The molecule has 5 heteroatoms. The molecule has 3 rings (SSSR count). The number of amides is 1. The van der Waals surface area contributed by atoms with E-state index in [-0.39, 0.29) is 11.9 Å². The van der Waals surface area contributed by atoms with E-state index in [0.717, 1.165) is 43.0 Å². The van der Waals surface area contributed by atoms with Crippen molar-refractivity contribution in [1.82, 2.24) is 9.80 Å². The second-order valence-corrected chi connectivity index (χ2v) is 6.62. The van der Waals surface area contributed by atoms with Crippen molar-refractivity contribution in [3.63, 3.8) is 0 Å². The van der Waals surface area contributed by atoms with Crippen LogP contribution in [0.25, 0.3) is 0 Å². The van der Waals surface area contributed by atoms with Gasteiger partial charge in [-0.3, -0.25) is 4.79 Å². The number of likely N-dealkylation sites (tertiary alicyclic amines) is 1. The SMILES string of the molecule is COc1ccccc1CC(=O)N(Cc1ccco1)C1CCN(C)CC1. The number of carbonyl (C=O) groups excluding carboxylic acids is 1. The van der Waals surface area contributed by atoms with E-state index in [0.29, 0.717) is 13.0 Å². The maximum atomic E-state index is 13.1. The average Bonchev–Trinajstić information content (AvgIpc) is 3.14. The van der Waals surface area contributed by atoms with Crippen LogP contribution in [0.5, 0.6) is 5.75 Å². The van der Waals surface area contributed by atoms with Crippen LogP contribution >= 0.6 is 0 Å². The average molecular weight is 342 g/mol. The molecule has 0 spiro atoms. The summed E-state index contributed by atoms with van der Waals surface area (Å²) in [6.45, 7) is 2.55. The number of ether oxygens (including phenoxy) is 1. The molecule has 0 N–H and O–H groups in total. The Morgan fingerprint density at radius 1 is 1.24 bits per heavy atom. The Morgan fingerprint density at radius 2 is 2.00 bits per heavy atom. The Bertz CT molecular complexity index is 676. The van der Waals surface area contributed by atoms with E-state index >= 15 is 0 Å². The highest BCUT2D eigenvalue weighted by molar-refractivity contribution is 5.79. The molecule has 2 heterocycles. The topological polar surface area (TPSA) is 45.9 Å². The van der Waals surface area contributed by atoms with Crippen LogP contribution in [0, 0.1) is 0 Å². The minimum absolute atomic E-state index is 0.121. The molecule has 1 aliphatic rings. The fraction of sp³-hybridized carbons (Fsp3) is 0.450. The molecule has 2 aromatic rings. The normalized spacial score (nSPS) is 15.9. The highest BCUT2D eigenvalue weighted by Crippen LogP contribution is 2.23. The zero-order chi connectivity index (χ0) is 17.6. The third-order valence-electron chi connectivity index (χ3n) is 4.89. The highest BCUT2D eigenvalue weighted by atomic mass is 16.5. The van der Waals surface area contributed by atoms with Gasteiger partial charge in [-0.25, -0.2) is 0 Å². The van der Waals surface area contributed by atoms with Gasteiger partial charge in [-0.2, -0.15) is 0 Å². The van der Waals surface area contributed by atoms with Crippen LogP contribution < -0.4 is 4.74 Å². The highest BCUT2D eigenvalue weighted by Gasteiger charge is 2.28. The Hall–Kier alpha value is -2.27. The fourth-order valence-corrected chi connectivity index (χ4v) is 3.41. The molecule has 0 bridgehead atoms. The summed E-state index contributed by atoms with van der Waals surface area (Å²) in [7, 11) is 3.77. The summed E-state index contributed by atoms with van der Waals surface area (Å²) >= 11 is 0. The molecule has 0 aliphatic carbocycles. The van der Waals surface area contributed by atoms with E-state index in [9.17, 15) is 4.79 Å². The molecule has 1 saturated heterocycles. The second-order valence-electron chi connectivity index (χ2n) is 6.62. The number of piperidine rings is 1. The molecule has 1 aliphatic heterocycles. The molecule has 0 atom stereocenters. The first-order valence-corrected chi connectivity index (χ1v) is 8.79. The minimum atomic E-state index is 0.121. The van der Waals surface area contributed by atoms with Crippen molar-refractivity contribution >= 4 is 5.91 Å². The van der Waals surface area contributed by atoms with Crippen LogP contribution in [0.4, 0.5) is 0 Å². The Balaban J connectivity index is 1.76. The summed E-state index contributed by atoms with van der Waals surface area (Å²) in [5.41, 5.74) is 0.923. The molecule has 1 fully saturated rings. The van der Waals surface area contributed by atoms with Gasteiger partial charge in [0.1, 0.15) is 11.5 Å². The van der Waals surface area contributed by atoms with Crippen LogP contribution in [0.2, 0.25) is 0 Å². The van der Waals surface area contributed by atoms with Gasteiger partial charge in [0.05, 0.1) is 26.3 Å². The van der Waals surface area contributed by atoms with Crippen LogP contribution in [-0.2, 0) is 17.8 Å². The predicted octanol–water partition coefficient (Wildman–Crippen LogP) is 2.95. The number of benzene rings is 1. The van der Waals surface area contributed by atoms with Gasteiger partial charge in [0.15, 0.2) is 0 Å². The van der Waals surface area contributed by atoms with E-state index < -0.39 is 0 Å². The van der Waals surface area contributed by atoms with Crippen LogP contribution in [-0.4, -0.2) is 49.0 Å². The molecule has 0 saturated carbocycles. The van der Waals surface area contributed by atoms with Crippen LogP contribution in [0.1, 0.15) is 24.2 Å². The molecule has 0 unspecified atom stereocenters. The lowest BCUT2D eigenvalue weighted by Gasteiger charge is -2.37. The van der Waals surface area contributed by atoms with Gasteiger partial charge in [-0.05, 0) is 51.2 Å². The van der Waals surface area contributed by atoms with Gasteiger partial charge >= 0.3 is 0 Å². The molecule has 134 valence electrons. The molecule has 1 aromatic carbocycles. The molecular weight excluding hydrogens is 316 g/mol. The molecule has 5 nitrogen and oxygen atoms in total. The molecule has 1 amide bonds. The quantitative estimate of drug-likeness (QED) is 0.810. The number of para-hydroxylation sites is 1. The van der Waals surface area contributed by atoms with Crippen molar-refractivity contribution in [3.8, 4) is 5.75 Å². The van der Waals surface area contributed by atoms with E-state index in [2.05, 4.69) is 11.9 Å². The monoisotopic (exact) mass is 342 g/mol. The number of nitrogens with zero attached hydrogens (tertiary/aromatic N) is 2. The van der Waals surface area contributed by atoms with E-state index in [1.807, 2.05) is 41.3 Å². The number of furan rings is 1. The van der Waals surface area contributed by atoms with Crippen molar-refractivity contribution in [2.75, 3.05) is 27.2 Å². The third-order valence-corrected chi connectivity index (χ3v) is 4.89. The number of carbonyl (C=O) groups is 1. The van der Waals surface area contributed by atoms with Crippen LogP contribution in [0.3, 0.4) is 0 Å². The zero-order valence-corrected chi connectivity index (χ0v) is 15.0. The van der Waals surface area contributed by atoms with Gasteiger partial charge < -0.3 is 19.0 Å². The fourth-order valence-electron chi connectivity index (χ4n) is 3.41. The maximum Gasteiger partial charge on any atom is 0.227 e. The van der Waals surface area contributed by atoms with E-state index in [1.54, 1.807) is 13.4 Å². The summed E-state index contributed by atoms with van der Waals surface area (Å²) in [5.74, 6) is 1.71. The Labute approximate surface area is 149 Å². The van der Waals surface area contributed by atoms with Gasteiger partial charge in [-0.1, -0.05) is 18.2 Å². The summed E-state index contributed by atoms with van der Waals surface area (Å²) in [6.07, 6.45) is 3.99. The van der Waals surface area contributed by atoms with Gasteiger partial charge in [0.25, 0.3) is 0 Å². The lowest BCUT2D eigenvalue weighted by molar-refractivity contribution is -0.134. The van der Waals surface area contributed by atoms with Gasteiger partial charge in [0.2, 0.25) is 5.91 Å². The number of hydrogen-bond donors (Lipinski definition) is 0. The lowest BCUT2D eigenvalue weighted by atomic mass is 10.0. The lowest BCUT2D eigenvalue weighted by Crippen LogP contribution is -2.46. The Morgan fingerprint density at radius 3 is 2.68 bits per heavy atom. The maximum absolute atomic E-state index is 13.1. The van der Waals surface area contributed by atoms with Crippen molar-refractivity contribution in [1.29, 1.82) is 0 Å². The molecular formula is C20H26N2O3. The molecule has 0 radical (unpaired) electrons. The van der Waals surface area contributed by atoms with Crippen molar-refractivity contribution < 1.29 is 13.9 Å². The largest absolute Gasteiger partial charge is 0.496 e. The van der Waals surface area contributed by atoms with Crippen LogP contribution in [0.15, 0.2) is 47.1 Å². The summed E-state index contributed by atoms with van der Waals surface area (Å²) in [5, 5.41) is 0. The zero-order valence-electron chi connectivity index (χ0n) is 15.0. The first-order chi connectivity index (χ1) is 12.2. The summed E-state index contributed by atoms with van der Waals surface area (Å²) in [6, 6.07) is 11.8. The van der Waals surface area contributed by atoms with E-state index in [4.69, 9.17) is 9.15 Å². The summed E-state index contributed by atoms with van der Waals surface area (Å²) in [4.78, 5) is 17.4. The first-order valence-electron chi connectivity index (χ1n) is 8.79. The van der Waals surface area contributed by atoms with Crippen molar-refractivity contribution in [2.45, 2.75) is 31.8 Å². The molecule has 1 aromatic heterocycles. The second kappa shape index (κ2) is 8.21.